The molecule has 1 atom stereocenters. The zero-order chi connectivity index (χ0) is 15.4. The average Bonchev–Trinajstić information content (AvgIpc) is 2.48. The Bertz CT molecular complexity index is 593. The summed E-state index contributed by atoms with van der Waals surface area (Å²) in [6.07, 6.45) is -0.587. The van der Waals surface area contributed by atoms with Gasteiger partial charge in [-0.2, -0.15) is 0 Å². The molecule has 2 N–H and O–H groups in total. The van der Waals surface area contributed by atoms with E-state index in [1.54, 1.807) is 19.1 Å². The topological polar surface area (TPSA) is 32.3 Å². The minimum Gasteiger partial charge on any atom is -0.387 e. The van der Waals surface area contributed by atoms with Crippen LogP contribution in [-0.4, -0.2) is 11.7 Å². The standard InChI is InChI=1S/C18H22FNO/c1-12(2)14-4-6-15(7-5-14)18(21)11-20-16-8-9-17(19)13(3)10-16/h4-10,12,18,20-21H,11H2,1-3H3. The van der Waals surface area contributed by atoms with Crippen molar-refractivity contribution in [2.75, 3.05) is 11.9 Å². The minimum absolute atomic E-state index is 0.217. The summed E-state index contributed by atoms with van der Waals surface area (Å²) in [6, 6.07) is 12.9. The van der Waals surface area contributed by atoms with Gasteiger partial charge in [0.1, 0.15) is 5.82 Å². The van der Waals surface area contributed by atoms with Crippen LogP contribution >= 0.6 is 0 Å². The Balaban J connectivity index is 1.97. The number of benzene rings is 2. The molecule has 0 aromatic heterocycles. The lowest BCUT2D eigenvalue weighted by molar-refractivity contribution is 0.191. The van der Waals surface area contributed by atoms with Crippen molar-refractivity contribution in [3.05, 3.63) is 65.0 Å². The molecule has 0 radical (unpaired) electrons. The number of aryl methyl sites for hydroxylation is 1. The number of aliphatic hydroxyl groups is 1. The summed E-state index contributed by atoms with van der Waals surface area (Å²) in [5, 5.41) is 13.3. The highest BCUT2D eigenvalue weighted by atomic mass is 19.1. The van der Waals surface area contributed by atoms with Crippen LogP contribution in [0.15, 0.2) is 42.5 Å². The fourth-order valence-corrected chi connectivity index (χ4v) is 2.19. The Labute approximate surface area is 125 Å². The summed E-state index contributed by atoms with van der Waals surface area (Å²) in [5.41, 5.74) is 3.54. The molecule has 0 saturated carbocycles. The van der Waals surface area contributed by atoms with Gasteiger partial charge in [-0.1, -0.05) is 38.1 Å². The van der Waals surface area contributed by atoms with Crippen LogP contribution in [0.1, 0.15) is 42.6 Å². The first-order valence-electron chi connectivity index (χ1n) is 7.25. The molecule has 21 heavy (non-hydrogen) atoms. The molecular weight excluding hydrogens is 265 g/mol. The predicted molar refractivity (Wildman–Crippen MR) is 85.1 cm³/mol. The lowest BCUT2D eigenvalue weighted by Crippen LogP contribution is -2.12. The van der Waals surface area contributed by atoms with E-state index < -0.39 is 6.10 Å². The van der Waals surface area contributed by atoms with Gasteiger partial charge in [0.05, 0.1) is 6.10 Å². The largest absolute Gasteiger partial charge is 0.387 e. The second-order valence-corrected chi connectivity index (χ2v) is 5.68. The van der Waals surface area contributed by atoms with Gasteiger partial charge in [-0.3, -0.25) is 0 Å². The van der Waals surface area contributed by atoms with Crippen LogP contribution in [0.2, 0.25) is 0 Å². The van der Waals surface area contributed by atoms with E-state index in [0.29, 0.717) is 18.0 Å². The molecule has 0 aliphatic rings. The zero-order valence-corrected chi connectivity index (χ0v) is 12.7. The summed E-state index contributed by atoms with van der Waals surface area (Å²) in [7, 11) is 0. The normalized spacial score (nSPS) is 12.5. The Morgan fingerprint density at radius 1 is 1.05 bits per heavy atom. The van der Waals surface area contributed by atoms with Crippen molar-refractivity contribution in [2.45, 2.75) is 32.8 Å². The van der Waals surface area contributed by atoms with E-state index in [0.717, 1.165) is 11.3 Å². The van der Waals surface area contributed by atoms with Gasteiger partial charge in [-0.15, -0.1) is 0 Å². The van der Waals surface area contributed by atoms with Crippen LogP contribution in [0.4, 0.5) is 10.1 Å². The number of anilines is 1. The van der Waals surface area contributed by atoms with Gasteiger partial charge in [0.2, 0.25) is 0 Å². The first-order valence-corrected chi connectivity index (χ1v) is 7.25. The van der Waals surface area contributed by atoms with Crippen molar-refractivity contribution in [1.82, 2.24) is 0 Å². The second kappa shape index (κ2) is 6.72. The van der Waals surface area contributed by atoms with Gasteiger partial charge >= 0.3 is 0 Å². The van der Waals surface area contributed by atoms with Crippen molar-refractivity contribution in [3.63, 3.8) is 0 Å². The number of aliphatic hydroxyl groups excluding tert-OH is 1. The minimum atomic E-state index is -0.587. The van der Waals surface area contributed by atoms with Crippen molar-refractivity contribution in [3.8, 4) is 0 Å². The van der Waals surface area contributed by atoms with E-state index in [9.17, 15) is 9.50 Å². The summed E-state index contributed by atoms with van der Waals surface area (Å²) in [6.45, 7) is 6.40. The number of halogens is 1. The SMILES string of the molecule is Cc1cc(NCC(O)c2ccc(C(C)C)cc2)ccc1F. The Morgan fingerprint density at radius 2 is 1.67 bits per heavy atom. The highest BCUT2D eigenvalue weighted by Crippen LogP contribution is 2.20. The van der Waals surface area contributed by atoms with Crippen LogP contribution in [0.3, 0.4) is 0 Å². The molecule has 3 heteroatoms. The maximum Gasteiger partial charge on any atom is 0.126 e. The van der Waals surface area contributed by atoms with Crippen LogP contribution in [-0.2, 0) is 0 Å². The van der Waals surface area contributed by atoms with Gasteiger partial charge in [0.15, 0.2) is 0 Å². The number of hydrogen-bond acceptors (Lipinski definition) is 2. The van der Waals surface area contributed by atoms with Crippen molar-refractivity contribution in [2.24, 2.45) is 0 Å². The van der Waals surface area contributed by atoms with Crippen LogP contribution in [0, 0.1) is 12.7 Å². The van der Waals surface area contributed by atoms with Gasteiger partial charge in [-0.05, 0) is 47.7 Å². The molecule has 2 aromatic carbocycles. The molecule has 0 fully saturated rings. The number of hydrogen-bond donors (Lipinski definition) is 2. The van der Waals surface area contributed by atoms with E-state index in [2.05, 4.69) is 19.2 Å². The van der Waals surface area contributed by atoms with E-state index >= 15 is 0 Å². The third-order valence-corrected chi connectivity index (χ3v) is 3.65. The van der Waals surface area contributed by atoms with Gasteiger partial charge in [0.25, 0.3) is 0 Å². The third-order valence-electron chi connectivity index (χ3n) is 3.65. The van der Waals surface area contributed by atoms with E-state index in [1.165, 1.54) is 11.6 Å². The highest BCUT2D eigenvalue weighted by Gasteiger charge is 2.08. The Hall–Kier alpha value is -1.87. The zero-order valence-electron chi connectivity index (χ0n) is 12.7. The van der Waals surface area contributed by atoms with Gasteiger partial charge in [0, 0.05) is 12.2 Å². The summed E-state index contributed by atoms with van der Waals surface area (Å²) >= 11 is 0. The first kappa shape index (κ1) is 15.5. The molecular formula is C18H22FNO. The second-order valence-electron chi connectivity index (χ2n) is 5.68. The molecule has 2 aromatic rings. The summed E-state index contributed by atoms with van der Waals surface area (Å²) < 4.78 is 13.2. The van der Waals surface area contributed by atoms with Gasteiger partial charge < -0.3 is 10.4 Å². The van der Waals surface area contributed by atoms with Crippen molar-refractivity contribution < 1.29 is 9.50 Å². The molecule has 2 rings (SSSR count). The fourth-order valence-electron chi connectivity index (χ4n) is 2.19. The molecule has 0 saturated heterocycles. The lowest BCUT2D eigenvalue weighted by atomic mass is 10.00. The van der Waals surface area contributed by atoms with Crippen molar-refractivity contribution >= 4 is 5.69 Å². The smallest absolute Gasteiger partial charge is 0.126 e. The highest BCUT2D eigenvalue weighted by molar-refractivity contribution is 5.46. The molecule has 0 aliphatic carbocycles. The van der Waals surface area contributed by atoms with E-state index in [4.69, 9.17) is 0 Å². The molecule has 0 amide bonds. The van der Waals surface area contributed by atoms with Gasteiger partial charge in [-0.25, -0.2) is 4.39 Å². The van der Waals surface area contributed by atoms with Crippen LogP contribution < -0.4 is 5.32 Å². The maximum absolute atomic E-state index is 13.2. The number of rotatable bonds is 5. The molecule has 0 aliphatic heterocycles. The monoisotopic (exact) mass is 287 g/mol. The Kier molecular flexibility index (Phi) is 4.97. The molecule has 0 spiro atoms. The summed E-state index contributed by atoms with van der Waals surface area (Å²) in [5.74, 6) is 0.266. The maximum atomic E-state index is 13.2. The van der Waals surface area contributed by atoms with Crippen LogP contribution in [0.5, 0.6) is 0 Å². The van der Waals surface area contributed by atoms with Crippen molar-refractivity contribution in [1.29, 1.82) is 0 Å². The lowest BCUT2D eigenvalue weighted by Gasteiger charge is -2.15. The summed E-state index contributed by atoms with van der Waals surface area (Å²) in [4.78, 5) is 0. The molecule has 1 unspecified atom stereocenters. The first-order chi connectivity index (χ1) is 9.97. The predicted octanol–water partition coefficient (Wildman–Crippen LogP) is 4.40. The Morgan fingerprint density at radius 3 is 2.24 bits per heavy atom. The molecule has 0 bridgehead atoms. The molecule has 112 valence electrons. The quantitative estimate of drug-likeness (QED) is 0.854. The molecule has 0 heterocycles. The fraction of sp³-hybridized carbons (Fsp3) is 0.333. The van der Waals surface area contributed by atoms with Crippen LogP contribution in [0.25, 0.3) is 0 Å². The van der Waals surface area contributed by atoms with E-state index in [-0.39, 0.29) is 5.82 Å². The number of nitrogens with one attached hydrogen (secondary N) is 1. The average molecular weight is 287 g/mol. The van der Waals surface area contributed by atoms with E-state index in [1.807, 2.05) is 24.3 Å². The molecule has 2 nitrogen and oxygen atoms in total. The third kappa shape index (κ3) is 4.05.